The van der Waals surface area contributed by atoms with Gasteiger partial charge in [-0.25, -0.2) is 14.2 Å². The van der Waals surface area contributed by atoms with E-state index < -0.39 is 11.8 Å². The average Bonchev–Trinajstić information content (AvgIpc) is 2.40. The number of hydrogen-bond acceptors (Lipinski definition) is 3. The summed E-state index contributed by atoms with van der Waals surface area (Å²) in [5, 5.41) is 8.97. The summed E-state index contributed by atoms with van der Waals surface area (Å²) in [6, 6.07) is 7.26. The maximum absolute atomic E-state index is 13.1. The van der Waals surface area contributed by atoms with Crippen molar-refractivity contribution in [3.8, 4) is 5.75 Å². The molecule has 0 unspecified atom stereocenters. The normalized spacial score (nSPS) is 10.2. The maximum atomic E-state index is 13.1. The third-order valence-corrected chi connectivity index (χ3v) is 3.03. The number of aromatic carboxylic acids is 1. The number of halogens is 2. The Morgan fingerprint density at radius 1 is 1.42 bits per heavy atom. The van der Waals surface area contributed by atoms with Crippen molar-refractivity contribution in [2.24, 2.45) is 0 Å². The van der Waals surface area contributed by atoms with Crippen molar-refractivity contribution in [2.45, 2.75) is 6.61 Å². The molecule has 0 bridgehead atoms. The fourth-order valence-corrected chi connectivity index (χ4v) is 1.85. The molecule has 0 saturated carbocycles. The number of nitrogens with zero attached hydrogens (tertiary/aromatic N) is 1. The van der Waals surface area contributed by atoms with Crippen LogP contribution in [0, 0.1) is 5.82 Å². The molecule has 1 aromatic carbocycles. The number of carboxylic acid groups (broad SMARTS) is 1. The number of carboxylic acids is 1. The van der Waals surface area contributed by atoms with E-state index >= 15 is 0 Å². The lowest BCUT2D eigenvalue weighted by molar-refractivity contribution is 0.0687. The van der Waals surface area contributed by atoms with E-state index in [-0.39, 0.29) is 12.3 Å². The van der Waals surface area contributed by atoms with Crippen molar-refractivity contribution in [3.63, 3.8) is 0 Å². The molecule has 0 spiro atoms. The van der Waals surface area contributed by atoms with Gasteiger partial charge in [-0.3, -0.25) is 0 Å². The largest absolute Gasteiger partial charge is 0.488 e. The first-order chi connectivity index (χ1) is 9.08. The third-order valence-electron chi connectivity index (χ3n) is 2.37. The first-order valence-electron chi connectivity index (χ1n) is 5.33. The molecule has 0 amide bonds. The van der Waals surface area contributed by atoms with Crippen LogP contribution in [0.4, 0.5) is 4.39 Å². The molecule has 19 heavy (non-hydrogen) atoms. The van der Waals surface area contributed by atoms with E-state index in [4.69, 9.17) is 9.84 Å². The summed E-state index contributed by atoms with van der Waals surface area (Å²) in [7, 11) is 0. The zero-order valence-electron chi connectivity index (χ0n) is 9.64. The van der Waals surface area contributed by atoms with Crippen molar-refractivity contribution in [1.82, 2.24) is 4.98 Å². The Morgan fingerprint density at radius 2 is 2.21 bits per heavy atom. The number of ether oxygens (including phenoxy) is 1. The SMILES string of the molecule is O=C(O)c1ncccc1COc1cc(F)ccc1Br. The summed E-state index contributed by atoms with van der Waals surface area (Å²) >= 11 is 3.23. The fraction of sp³-hybridized carbons (Fsp3) is 0.0769. The molecule has 4 nitrogen and oxygen atoms in total. The molecule has 0 fully saturated rings. The van der Waals surface area contributed by atoms with Crippen LogP contribution >= 0.6 is 15.9 Å². The summed E-state index contributed by atoms with van der Waals surface area (Å²) in [5.74, 6) is -1.25. The Hall–Kier alpha value is -1.95. The van der Waals surface area contributed by atoms with E-state index in [9.17, 15) is 9.18 Å². The monoisotopic (exact) mass is 325 g/mol. The van der Waals surface area contributed by atoms with E-state index in [2.05, 4.69) is 20.9 Å². The highest BCUT2D eigenvalue weighted by Crippen LogP contribution is 2.26. The molecule has 0 aliphatic carbocycles. The van der Waals surface area contributed by atoms with Crippen molar-refractivity contribution in [1.29, 1.82) is 0 Å². The Bertz CT molecular complexity index is 619. The van der Waals surface area contributed by atoms with Crippen LogP contribution in [0.1, 0.15) is 16.1 Å². The summed E-state index contributed by atoms with van der Waals surface area (Å²) in [6.45, 7) is -0.00245. The molecule has 2 aromatic rings. The van der Waals surface area contributed by atoms with Gasteiger partial charge >= 0.3 is 5.97 Å². The molecular formula is C13H9BrFNO3. The lowest BCUT2D eigenvalue weighted by Crippen LogP contribution is -2.08. The lowest BCUT2D eigenvalue weighted by atomic mass is 10.2. The maximum Gasteiger partial charge on any atom is 0.354 e. The molecular weight excluding hydrogens is 317 g/mol. The van der Waals surface area contributed by atoms with Gasteiger partial charge in [-0.2, -0.15) is 0 Å². The minimum absolute atomic E-state index is 0.00245. The van der Waals surface area contributed by atoms with Crippen LogP contribution in [0.25, 0.3) is 0 Å². The first kappa shape index (κ1) is 13.5. The predicted octanol–water partition coefficient (Wildman–Crippen LogP) is 3.26. The molecule has 0 aliphatic rings. The molecule has 6 heteroatoms. The minimum atomic E-state index is -1.13. The van der Waals surface area contributed by atoms with Gasteiger partial charge in [0, 0.05) is 17.8 Å². The molecule has 1 heterocycles. The van der Waals surface area contributed by atoms with Crippen molar-refractivity contribution in [2.75, 3.05) is 0 Å². The van der Waals surface area contributed by atoms with Crippen LogP contribution in [-0.4, -0.2) is 16.1 Å². The molecule has 0 saturated heterocycles. The summed E-state index contributed by atoms with van der Waals surface area (Å²) in [4.78, 5) is 14.7. The van der Waals surface area contributed by atoms with Gasteiger partial charge in [-0.05, 0) is 34.1 Å². The molecule has 2 rings (SSSR count). The number of pyridine rings is 1. The van der Waals surface area contributed by atoms with Gasteiger partial charge in [0.05, 0.1) is 4.47 Å². The Balaban J connectivity index is 2.19. The van der Waals surface area contributed by atoms with E-state index in [1.165, 1.54) is 24.4 Å². The third kappa shape index (κ3) is 3.29. The van der Waals surface area contributed by atoms with Crippen LogP contribution in [-0.2, 0) is 6.61 Å². The number of rotatable bonds is 4. The second-order valence-electron chi connectivity index (χ2n) is 3.68. The second-order valence-corrected chi connectivity index (χ2v) is 4.53. The number of benzene rings is 1. The molecule has 1 aromatic heterocycles. The van der Waals surface area contributed by atoms with Gasteiger partial charge in [0.25, 0.3) is 0 Å². The average molecular weight is 326 g/mol. The zero-order valence-corrected chi connectivity index (χ0v) is 11.2. The van der Waals surface area contributed by atoms with Crippen LogP contribution in [0.2, 0.25) is 0 Å². The predicted molar refractivity (Wildman–Crippen MR) is 69.6 cm³/mol. The highest BCUT2D eigenvalue weighted by molar-refractivity contribution is 9.10. The number of carbonyl (C=O) groups is 1. The molecule has 1 N–H and O–H groups in total. The quantitative estimate of drug-likeness (QED) is 0.937. The number of aromatic nitrogens is 1. The fourth-order valence-electron chi connectivity index (χ4n) is 1.49. The minimum Gasteiger partial charge on any atom is -0.488 e. The topological polar surface area (TPSA) is 59.4 Å². The zero-order chi connectivity index (χ0) is 13.8. The molecule has 0 atom stereocenters. The molecule has 0 radical (unpaired) electrons. The first-order valence-corrected chi connectivity index (χ1v) is 6.12. The van der Waals surface area contributed by atoms with Gasteiger partial charge in [-0.1, -0.05) is 6.07 Å². The van der Waals surface area contributed by atoms with Crippen molar-refractivity contribution >= 4 is 21.9 Å². The van der Waals surface area contributed by atoms with Crippen molar-refractivity contribution in [3.05, 3.63) is 58.1 Å². The van der Waals surface area contributed by atoms with Crippen LogP contribution in [0.15, 0.2) is 41.0 Å². The van der Waals surface area contributed by atoms with Gasteiger partial charge in [0.1, 0.15) is 18.2 Å². The van der Waals surface area contributed by atoms with Crippen LogP contribution < -0.4 is 4.74 Å². The summed E-state index contributed by atoms with van der Waals surface area (Å²) in [5.41, 5.74) is 0.348. The van der Waals surface area contributed by atoms with E-state index in [1.807, 2.05) is 0 Å². The molecule has 0 aliphatic heterocycles. The smallest absolute Gasteiger partial charge is 0.354 e. The molecule has 98 valence electrons. The standard InChI is InChI=1S/C13H9BrFNO3/c14-10-4-3-9(15)6-11(10)19-7-8-2-1-5-16-12(8)13(17)18/h1-6H,7H2,(H,17,18). The van der Waals surface area contributed by atoms with E-state index in [1.54, 1.807) is 12.1 Å². The van der Waals surface area contributed by atoms with Crippen LogP contribution in [0.5, 0.6) is 5.75 Å². The van der Waals surface area contributed by atoms with Crippen LogP contribution in [0.3, 0.4) is 0 Å². The van der Waals surface area contributed by atoms with E-state index in [0.29, 0.717) is 15.8 Å². The second kappa shape index (κ2) is 5.79. The van der Waals surface area contributed by atoms with Gasteiger partial charge in [-0.15, -0.1) is 0 Å². The Morgan fingerprint density at radius 3 is 2.95 bits per heavy atom. The van der Waals surface area contributed by atoms with E-state index in [0.717, 1.165) is 0 Å². The highest BCUT2D eigenvalue weighted by atomic mass is 79.9. The van der Waals surface area contributed by atoms with Crippen molar-refractivity contribution < 1.29 is 19.0 Å². The van der Waals surface area contributed by atoms with Gasteiger partial charge in [0.2, 0.25) is 0 Å². The summed E-state index contributed by atoms with van der Waals surface area (Å²) in [6.07, 6.45) is 1.39. The highest BCUT2D eigenvalue weighted by Gasteiger charge is 2.12. The Kier molecular flexibility index (Phi) is 4.11. The number of hydrogen-bond donors (Lipinski definition) is 1. The van der Waals surface area contributed by atoms with Gasteiger partial charge in [0.15, 0.2) is 5.69 Å². The Labute approximate surface area is 117 Å². The van der Waals surface area contributed by atoms with Gasteiger partial charge < -0.3 is 9.84 Å². The lowest BCUT2D eigenvalue weighted by Gasteiger charge is -2.09. The summed E-state index contributed by atoms with van der Waals surface area (Å²) < 4.78 is 19.1.